The summed E-state index contributed by atoms with van der Waals surface area (Å²) < 4.78 is 6.88. The molecule has 0 fully saturated rings. The lowest BCUT2D eigenvalue weighted by Gasteiger charge is -2.12. The van der Waals surface area contributed by atoms with Crippen LogP contribution in [0.5, 0.6) is 5.75 Å². The fraction of sp³-hybridized carbons (Fsp3) is 0.571. The molecule has 1 N–H and O–H groups in total. The summed E-state index contributed by atoms with van der Waals surface area (Å²) in [7, 11) is 0. The van der Waals surface area contributed by atoms with Gasteiger partial charge in [0.15, 0.2) is 0 Å². The van der Waals surface area contributed by atoms with Gasteiger partial charge in [0.2, 0.25) is 0 Å². The van der Waals surface area contributed by atoms with Crippen molar-refractivity contribution < 1.29 is 4.74 Å². The van der Waals surface area contributed by atoms with Gasteiger partial charge < -0.3 is 10.1 Å². The number of nitrogens with one attached hydrogen (secondary N) is 1. The maximum absolute atomic E-state index is 5.75. The molecule has 4 heteroatoms. The van der Waals surface area contributed by atoms with Crippen molar-refractivity contribution in [3.05, 3.63) is 28.2 Å². The van der Waals surface area contributed by atoms with Crippen molar-refractivity contribution in [2.75, 3.05) is 18.6 Å². The molecule has 102 valence electrons. The quantitative estimate of drug-likeness (QED) is 0.725. The van der Waals surface area contributed by atoms with Gasteiger partial charge in [-0.05, 0) is 42.2 Å². The molecule has 18 heavy (non-hydrogen) atoms. The van der Waals surface area contributed by atoms with E-state index in [4.69, 9.17) is 4.74 Å². The van der Waals surface area contributed by atoms with E-state index in [0.717, 1.165) is 35.5 Å². The number of hydrogen-bond acceptors (Lipinski definition) is 3. The van der Waals surface area contributed by atoms with Crippen molar-refractivity contribution in [1.29, 1.82) is 0 Å². The molecule has 0 spiro atoms. The first-order valence-electron chi connectivity index (χ1n) is 6.27. The van der Waals surface area contributed by atoms with Crippen LogP contribution in [0.1, 0.15) is 25.8 Å². The summed E-state index contributed by atoms with van der Waals surface area (Å²) in [6, 6.07) is 6.67. The Bertz CT molecular complexity index is 358. The summed E-state index contributed by atoms with van der Waals surface area (Å²) in [5.74, 6) is 2.11. The summed E-state index contributed by atoms with van der Waals surface area (Å²) in [6.07, 6.45) is 3.21. The first kappa shape index (κ1) is 15.9. The van der Waals surface area contributed by atoms with Gasteiger partial charge in [0.05, 0.1) is 6.61 Å². The minimum atomic E-state index is 0.489. The molecule has 0 saturated heterocycles. The number of rotatable bonds is 8. The third-order valence-corrected chi connectivity index (χ3v) is 3.95. The van der Waals surface area contributed by atoms with Gasteiger partial charge in [-0.15, -0.1) is 0 Å². The molecule has 0 unspecified atom stereocenters. The average molecular weight is 332 g/mol. The molecule has 1 aromatic carbocycles. The summed E-state index contributed by atoms with van der Waals surface area (Å²) in [4.78, 5) is 0. The van der Waals surface area contributed by atoms with Crippen LogP contribution in [0.15, 0.2) is 22.7 Å². The van der Waals surface area contributed by atoms with Gasteiger partial charge in [-0.1, -0.05) is 29.8 Å². The highest BCUT2D eigenvalue weighted by atomic mass is 79.9. The summed E-state index contributed by atoms with van der Waals surface area (Å²) in [5, 5.41) is 3.42. The SMILES string of the molecule is CSCCCOc1ccc(Br)c(CNC(C)C)c1. The third kappa shape index (κ3) is 6.12. The maximum Gasteiger partial charge on any atom is 0.119 e. The zero-order valence-corrected chi connectivity index (χ0v) is 13.7. The van der Waals surface area contributed by atoms with E-state index in [1.165, 1.54) is 5.56 Å². The van der Waals surface area contributed by atoms with Crippen LogP contribution in [0, 0.1) is 0 Å². The molecule has 1 rings (SSSR count). The molecule has 0 saturated carbocycles. The second-order valence-corrected chi connectivity index (χ2v) is 6.32. The van der Waals surface area contributed by atoms with Gasteiger partial charge in [-0.3, -0.25) is 0 Å². The lowest BCUT2D eigenvalue weighted by atomic mass is 10.2. The van der Waals surface area contributed by atoms with Crippen molar-refractivity contribution in [3.63, 3.8) is 0 Å². The van der Waals surface area contributed by atoms with E-state index in [1.807, 2.05) is 17.8 Å². The van der Waals surface area contributed by atoms with Gasteiger partial charge in [-0.25, -0.2) is 0 Å². The Hall–Kier alpha value is -0.190. The number of benzene rings is 1. The van der Waals surface area contributed by atoms with E-state index in [0.29, 0.717) is 6.04 Å². The highest BCUT2D eigenvalue weighted by Gasteiger charge is 2.03. The monoisotopic (exact) mass is 331 g/mol. The molecule has 2 nitrogen and oxygen atoms in total. The predicted octanol–water partition coefficient (Wildman–Crippen LogP) is 4.08. The normalized spacial score (nSPS) is 10.9. The van der Waals surface area contributed by atoms with Gasteiger partial charge in [-0.2, -0.15) is 11.8 Å². The van der Waals surface area contributed by atoms with E-state index < -0.39 is 0 Å². The molecule has 0 aliphatic rings. The van der Waals surface area contributed by atoms with Crippen molar-refractivity contribution in [1.82, 2.24) is 5.32 Å². The molecule has 0 aliphatic carbocycles. The number of ether oxygens (including phenoxy) is 1. The maximum atomic E-state index is 5.75. The first-order chi connectivity index (χ1) is 8.63. The summed E-state index contributed by atoms with van der Waals surface area (Å²) in [5.41, 5.74) is 1.24. The van der Waals surface area contributed by atoms with Gasteiger partial charge in [0.25, 0.3) is 0 Å². The lowest BCUT2D eigenvalue weighted by Crippen LogP contribution is -2.22. The van der Waals surface area contributed by atoms with Crippen molar-refractivity contribution in [3.8, 4) is 5.75 Å². The van der Waals surface area contributed by atoms with Crippen LogP contribution in [0.4, 0.5) is 0 Å². The molecule has 0 amide bonds. The highest BCUT2D eigenvalue weighted by molar-refractivity contribution is 9.10. The highest BCUT2D eigenvalue weighted by Crippen LogP contribution is 2.22. The predicted molar refractivity (Wildman–Crippen MR) is 84.6 cm³/mol. The Balaban J connectivity index is 2.51. The van der Waals surface area contributed by atoms with E-state index in [1.54, 1.807) is 0 Å². The summed E-state index contributed by atoms with van der Waals surface area (Å²) >= 11 is 5.43. The van der Waals surface area contributed by atoms with E-state index >= 15 is 0 Å². The Morgan fingerprint density at radius 1 is 1.39 bits per heavy atom. The zero-order valence-electron chi connectivity index (χ0n) is 11.3. The molecule has 0 radical (unpaired) electrons. The Kier molecular flexibility index (Phi) is 7.79. The van der Waals surface area contributed by atoms with Crippen LogP contribution in [0.2, 0.25) is 0 Å². The van der Waals surface area contributed by atoms with Gasteiger partial charge >= 0.3 is 0 Å². The molecular weight excluding hydrogens is 310 g/mol. The number of halogens is 1. The van der Waals surface area contributed by atoms with E-state index in [9.17, 15) is 0 Å². The zero-order chi connectivity index (χ0) is 13.4. The molecular formula is C14H22BrNOS. The second kappa shape index (κ2) is 8.83. The molecule has 0 heterocycles. The summed E-state index contributed by atoms with van der Waals surface area (Å²) in [6.45, 7) is 5.95. The molecule has 0 aliphatic heterocycles. The minimum Gasteiger partial charge on any atom is -0.494 e. The van der Waals surface area contributed by atoms with Crippen LogP contribution in [-0.2, 0) is 6.54 Å². The fourth-order valence-corrected chi connectivity index (χ4v) is 2.28. The van der Waals surface area contributed by atoms with E-state index in [2.05, 4.69) is 53.5 Å². The minimum absolute atomic E-state index is 0.489. The van der Waals surface area contributed by atoms with Crippen LogP contribution in [0.3, 0.4) is 0 Å². The van der Waals surface area contributed by atoms with Crippen LogP contribution in [-0.4, -0.2) is 24.7 Å². The first-order valence-corrected chi connectivity index (χ1v) is 8.45. The smallest absolute Gasteiger partial charge is 0.119 e. The molecule has 0 atom stereocenters. The van der Waals surface area contributed by atoms with Gasteiger partial charge in [0, 0.05) is 17.1 Å². The number of thioether (sulfide) groups is 1. The van der Waals surface area contributed by atoms with Crippen LogP contribution in [0.25, 0.3) is 0 Å². The fourth-order valence-electron chi connectivity index (χ4n) is 1.48. The van der Waals surface area contributed by atoms with Crippen molar-refractivity contribution in [2.45, 2.75) is 32.9 Å². The Labute approximate surface area is 123 Å². The van der Waals surface area contributed by atoms with Crippen LogP contribution < -0.4 is 10.1 Å². The lowest BCUT2D eigenvalue weighted by molar-refractivity contribution is 0.318. The van der Waals surface area contributed by atoms with Crippen molar-refractivity contribution in [2.24, 2.45) is 0 Å². The second-order valence-electron chi connectivity index (χ2n) is 4.48. The topological polar surface area (TPSA) is 21.3 Å². The largest absolute Gasteiger partial charge is 0.494 e. The average Bonchev–Trinajstić information content (AvgIpc) is 2.34. The Morgan fingerprint density at radius 3 is 2.83 bits per heavy atom. The molecule has 1 aromatic rings. The van der Waals surface area contributed by atoms with Gasteiger partial charge in [0.1, 0.15) is 5.75 Å². The van der Waals surface area contributed by atoms with Crippen LogP contribution >= 0.6 is 27.7 Å². The Morgan fingerprint density at radius 2 is 2.17 bits per heavy atom. The standard InChI is InChI=1S/C14H22BrNOS/c1-11(2)16-10-12-9-13(5-6-14(12)15)17-7-4-8-18-3/h5-6,9,11,16H,4,7-8,10H2,1-3H3. The van der Waals surface area contributed by atoms with E-state index in [-0.39, 0.29) is 0 Å². The number of hydrogen-bond donors (Lipinski definition) is 1. The third-order valence-electron chi connectivity index (χ3n) is 2.48. The van der Waals surface area contributed by atoms with Crippen molar-refractivity contribution >= 4 is 27.7 Å². The molecule has 0 aromatic heterocycles. The molecule has 0 bridgehead atoms.